The van der Waals surface area contributed by atoms with E-state index in [0.29, 0.717) is 28.6 Å². The number of rotatable bonds is 7. The van der Waals surface area contributed by atoms with Gasteiger partial charge in [0, 0.05) is 118 Å². The van der Waals surface area contributed by atoms with E-state index in [1.807, 2.05) is 12.1 Å². The first kappa shape index (κ1) is 35.1. The lowest BCUT2D eigenvalue weighted by atomic mass is 9.99. The highest BCUT2D eigenvalue weighted by Crippen LogP contribution is 2.45. The summed E-state index contributed by atoms with van der Waals surface area (Å²) in [5.74, 6) is 1.12. The van der Waals surface area contributed by atoms with Crippen LogP contribution in [0.4, 0.5) is 22.7 Å². The first-order valence-corrected chi connectivity index (χ1v) is 18.8. The lowest BCUT2D eigenvalue weighted by Crippen LogP contribution is -2.57. The van der Waals surface area contributed by atoms with Crippen molar-refractivity contribution in [2.45, 2.75) is 74.5 Å². The van der Waals surface area contributed by atoms with Crippen molar-refractivity contribution in [2.75, 3.05) is 109 Å². The molecule has 4 aliphatic heterocycles. The molecule has 4 saturated heterocycles. The highest BCUT2D eigenvalue weighted by molar-refractivity contribution is 5.62. The Labute approximate surface area is 298 Å². The van der Waals surface area contributed by atoms with Crippen molar-refractivity contribution in [3.05, 3.63) is 46.5 Å². The van der Waals surface area contributed by atoms with Crippen molar-refractivity contribution in [2.24, 2.45) is 0 Å². The predicted octanol–water partition coefficient (Wildman–Crippen LogP) is 4.38. The number of nitrogens with two attached hydrogens (primary N) is 1. The van der Waals surface area contributed by atoms with Crippen LogP contribution in [-0.4, -0.2) is 141 Å². The molecule has 0 aromatic heterocycles. The maximum Gasteiger partial charge on any atom is 0.311 e. The number of piperidine rings is 2. The molecule has 6 aliphatic rings. The second kappa shape index (κ2) is 14.4. The van der Waals surface area contributed by atoms with Crippen molar-refractivity contribution in [3.8, 4) is 11.5 Å². The number of piperazine rings is 2. The molecule has 0 atom stereocenters. The van der Waals surface area contributed by atoms with Gasteiger partial charge in [-0.3, -0.25) is 29.7 Å². The molecular weight excluding hydrogens is 632 g/mol. The van der Waals surface area contributed by atoms with Crippen LogP contribution in [0, 0.1) is 10.1 Å². The third-order valence-electron chi connectivity index (χ3n) is 13.0. The number of nitrogen functional groups attached to an aromatic ring is 1. The van der Waals surface area contributed by atoms with Gasteiger partial charge in [0.25, 0.3) is 0 Å². The zero-order valence-corrected chi connectivity index (χ0v) is 30.7. The van der Waals surface area contributed by atoms with Crippen molar-refractivity contribution in [3.63, 3.8) is 0 Å². The molecule has 50 heavy (non-hydrogen) atoms. The van der Waals surface area contributed by atoms with Crippen molar-refractivity contribution in [1.82, 2.24) is 19.6 Å². The highest BCUT2D eigenvalue weighted by atomic mass is 16.6. The Balaban J connectivity index is 0.000000157. The number of ether oxygens (including phenoxy) is 2. The van der Waals surface area contributed by atoms with E-state index in [1.165, 1.54) is 90.6 Å². The third-order valence-corrected chi connectivity index (χ3v) is 13.0. The molecule has 12 heteroatoms. The summed E-state index contributed by atoms with van der Waals surface area (Å²) in [6.45, 7) is 11.6. The predicted molar refractivity (Wildman–Crippen MR) is 200 cm³/mol. The average Bonchev–Trinajstić information content (AvgIpc) is 4.09. The topological polar surface area (TPSA) is 107 Å². The number of hydrogen-bond donors (Lipinski definition) is 1. The number of likely N-dealkylation sites (N-methyl/N-ethyl adjacent to an activating group) is 2. The van der Waals surface area contributed by atoms with Gasteiger partial charge in [0.2, 0.25) is 0 Å². The van der Waals surface area contributed by atoms with E-state index < -0.39 is 4.92 Å². The van der Waals surface area contributed by atoms with Crippen LogP contribution in [0.3, 0.4) is 0 Å². The van der Waals surface area contributed by atoms with Gasteiger partial charge >= 0.3 is 5.69 Å². The number of methoxy groups -OCH3 is 2. The van der Waals surface area contributed by atoms with E-state index in [1.54, 1.807) is 19.2 Å². The average molecular weight is 691 g/mol. The Morgan fingerprint density at radius 3 is 1.54 bits per heavy atom. The molecule has 0 bridgehead atoms. The van der Waals surface area contributed by atoms with E-state index in [2.05, 4.69) is 55.6 Å². The van der Waals surface area contributed by atoms with Gasteiger partial charge in [0.05, 0.1) is 24.8 Å². The molecule has 8 rings (SSSR count). The number of hydrogen-bond acceptors (Lipinski definition) is 11. The van der Waals surface area contributed by atoms with Crippen LogP contribution in [0.1, 0.15) is 51.4 Å². The van der Waals surface area contributed by atoms with E-state index >= 15 is 0 Å². The molecule has 0 unspecified atom stereocenters. The van der Waals surface area contributed by atoms with Gasteiger partial charge in [-0.05, 0) is 83.7 Å². The molecule has 274 valence electrons. The molecule has 2 aromatic carbocycles. The minimum Gasteiger partial charge on any atom is -0.495 e. The van der Waals surface area contributed by atoms with E-state index in [0.717, 1.165) is 56.5 Å². The maximum atomic E-state index is 11.1. The zero-order chi connectivity index (χ0) is 35.0. The molecule has 12 nitrogen and oxygen atoms in total. The highest BCUT2D eigenvalue weighted by Gasteiger charge is 2.51. The Bertz CT molecular complexity index is 1500. The number of nitro groups is 1. The Hall–Kier alpha value is -3.32. The van der Waals surface area contributed by atoms with Crippen LogP contribution < -0.4 is 25.0 Å². The summed E-state index contributed by atoms with van der Waals surface area (Å²) in [5.41, 5.74) is 9.93. The fraction of sp³-hybridized carbons (Fsp3) is 0.684. The van der Waals surface area contributed by atoms with Gasteiger partial charge in [-0.15, -0.1) is 0 Å². The fourth-order valence-corrected chi connectivity index (χ4v) is 9.07. The van der Waals surface area contributed by atoms with Crippen LogP contribution >= 0.6 is 0 Å². The number of benzene rings is 2. The van der Waals surface area contributed by atoms with E-state index in [4.69, 9.17) is 15.2 Å². The van der Waals surface area contributed by atoms with E-state index in [9.17, 15) is 10.1 Å². The van der Waals surface area contributed by atoms with Crippen molar-refractivity contribution < 1.29 is 14.4 Å². The summed E-state index contributed by atoms with van der Waals surface area (Å²) >= 11 is 0. The number of nitro benzene ring substituents is 1. The van der Waals surface area contributed by atoms with Crippen LogP contribution in [0.25, 0.3) is 0 Å². The second-order valence-corrected chi connectivity index (χ2v) is 15.7. The van der Waals surface area contributed by atoms with Gasteiger partial charge in [0.1, 0.15) is 5.75 Å². The lowest BCUT2D eigenvalue weighted by molar-refractivity contribution is -0.385. The fourth-order valence-electron chi connectivity index (χ4n) is 9.07. The van der Waals surface area contributed by atoms with Crippen molar-refractivity contribution >= 4 is 22.7 Å². The van der Waals surface area contributed by atoms with Crippen LogP contribution in [0.5, 0.6) is 11.5 Å². The summed E-state index contributed by atoms with van der Waals surface area (Å²) in [6.07, 6.45) is 10.3. The van der Waals surface area contributed by atoms with Gasteiger partial charge in [-0.1, -0.05) is 0 Å². The molecule has 2 saturated carbocycles. The Morgan fingerprint density at radius 1 is 0.680 bits per heavy atom. The molecule has 2 N–H and O–H groups in total. The molecule has 0 radical (unpaired) electrons. The smallest absolute Gasteiger partial charge is 0.311 e. The second-order valence-electron chi connectivity index (χ2n) is 15.7. The first-order chi connectivity index (χ1) is 24.1. The summed E-state index contributed by atoms with van der Waals surface area (Å²) in [5, 5.41) is 11.1. The van der Waals surface area contributed by atoms with Crippen molar-refractivity contribution in [1.29, 1.82) is 0 Å². The van der Waals surface area contributed by atoms with Crippen LogP contribution in [-0.2, 0) is 0 Å². The standard InChI is InChI=1S/C19H28N4O3.C19H30N4O/c1-20-11-12-22(14-19(20)7-8-19)15-5-9-21(10-6-15)16-3-4-17(23(24)25)18(13-16)26-2;1-21-11-12-23(14-19(21)7-8-19)15-5-9-22(10-6-15)16-3-4-17(20)18(13-16)24-2/h3-4,13,15H,5-12,14H2,1-2H3;3-4,13,15H,5-12,14,20H2,1-2H3. The minimum atomic E-state index is -0.393. The first-order valence-electron chi connectivity index (χ1n) is 18.8. The molecule has 0 amide bonds. The van der Waals surface area contributed by atoms with Gasteiger partial charge in [0.15, 0.2) is 5.75 Å². The summed E-state index contributed by atoms with van der Waals surface area (Å²) < 4.78 is 10.6. The monoisotopic (exact) mass is 690 g/mol. The SMILES string of the molecule is COc1cc(N2CCC(N3CCN(C)C4(CC4)C3)CC2)ccc1N.COc1cc(N2CCC(N3CCN(C)C4(CC4)C3)CC2)ccc1[N+](=O)[O-]. The number of anilines is 3. The Morgan fingerprint density at radius 2 is 1.12 bits per heavy atom. The van der Waals surface area contributed by atoms with Gasteiger partial charge in [-0.25, -0.2) is 0 Å². The lowest BCUT2D eigenvalue weighted by Gasteiger charge is -2.46. The van der Waals surface area contributed by atoms with Crippen LogP contribution in [0.15, 0.2) is 36.4 Å². The summed E-state index contributed by atoms with van der Waals surface area (Å²) in [7, 11) is 7.75. The van der Waals surface area contributed by atoms with E-state index in [-0.39, 0.29) is 5.69 Å². The van der Waals surface area contributed by atoms with Crippen LogP contribution in [0.2, 0.25) is 0 Å². The minimum absolute atomic E-state index is 0.0262. The summed E-state index contributed by atoms with van der Waals surface area (Å²) in [4.78, 5) is 26.1. The maximum absolute atomic E-state index is 11.1. The molecule has 4 heterocycles. The molecule has 6 fully saturated rings. The molecule has 2 aliphatic carbocycles. The largest absolute Gasteiger partial charge is 0.495 e. The Kier molecular flexibility index (Phi) is 10.1. The molecule has 2 aromatic rings. The zero-order valence-electron chi connectivity index (χ0n) is 30.7. The number of nitrogens with zero attached hydrogens (tertiary/aromatic N) is 7. The quantitative estimate of drug-likeness (QED) is 0.254. The van der Waals surface area contributed by atoms with Gasteiger partial charge in [-0.2, -0.15) is 0 Å². The normalized spacial score (nSPS) is 24.6. The molecular formula is C38H58N8O4. The molecule has 2 spiro atoms. The van der Waals surface area contributed by atoms with Gasteiger partial charge < -0.3 is 25.0 Å². The third kappa shape index (κ3) is 7.22. The summed E-state index contributed by atoms with van der Waals surface area (Å²) in [6, 6.07) is 12.8.